The van der Waals surface area contributed by atoms with Crippen molar-refractivity contribution in [2.24, 2.45) is 5.92 Å². The van der Waals surface area contributed by atoms with E-state index >= 15 is 0 Å². The van der Waals surface area contributed by atoms with Gasteiger partial charge in [-0.05, 0) is 53.6 Å². The number of halogens is 1. The summed E-state index contributed by atoms with van der Waals surface area (Å²) >= 11 is 2.00. The molecule has 1 N–H and O–H groups in total. The van der Waals surface area contributed by atoms with Gasteiger partial charge in [-0.15, -0.1) is 0 Å². The van der Waals surface area contributed by atoms with Gasteiger partial charge >= 0.3 is 11.9 Å². The summed E-state index contributed by atoms with van der Waals surface area (Å²) < 4.78 is 40.8. The van der Waals surface area contributed by atoms with Crippen LogP contribution in [0.1, 0.15) is 42.5 Å². The molecule has 0 amide bonds. The minimum atomic E-state index is -4.19. The summed E-state index contributed by atoms with van der Waals surface area (Å²) in [4.78, 5) is 24.2. The highest BCUT2D eigenvalue weighted by Crippen LogP contribution is 2.28. The van der Waals surface area contributed by atoms with Crippen molar-refractivity contribution >= 4 is 44.6 Å². The molecule has 1 aliphatic carbocycles. The summed E-state index contributed by atoms with van der Waals surface area (Å²) in [6, 6.07) is 4.51. The van der Waals surface area contributed by atoms with E-state index in [2.05, 4.69) is 0 Å². The molecule has 0 saturated heterocycles. The number of rotatable bonds is 6. The summed E-state index contributed by atoms with van der Waals surface area (Å²) in [5, 5.41) is 0. The highest BCUT2D eigenvalue weighted by atomic mass is 127. The van der Waals surface area contributed by atoms with E-state index in [0.717, 1.165) is 32.1 Å². The second-order valence-electron chi connectivity index (χ2n) is 5.82. The third-order valence-corrected chi connectivity index (χ3v) is 5.46. The lowest BCUT2D eigenvalue weighted by molar-refractivity contribution is -0.140. The molecule has 0 bridgehead atoms. The number of hydrogen-bond acceptors (Lipinski definition) is 6. The van der Waals surface area contributed by atoms with Crippen LogP contribution in [0.25, 0.3) is 0 Å². The summed E-state index contributed by atoms with van der Waals surface area (Å²) in [5.41, 5.74) is 0.141. The largest absolute Gasteiger partial charge is 0.461 e. The van der Waals surface area contributed by atoms with Gasteiger partial charge in [-0.2, -0.15) is 8.42 Å². The van der Waals surface area contributed by atoms with Crippen molar-refractivity contribution in [1.29, 1.82) is 0 Å². The monoisotopic (exact) mass is 482 g/mol. The maximum atomic E-state index is 12.2. The second kappa shape index (κ2) is 8.95. The molecule has 1 aromatic rings. The first-order valence-corrected chi connectivity index (χ1v) is 10.6. The van der Waals surface area contributed by atoms with Gasteiger partial charge in [-0.1, -0.05) is 19.3 Å². The van der Waals surface area contributed by atoms with Gasteiger partial charge < -0.3 is 9.47 Å². The number of hydrogen-bond donors (Lipinski definition) is 1. The van der Waals surface area contributed by atoms with Crippen LogP contribution < -0.4 is 4.74 Å². The van der Waals surface area contributed by atoms with E-state index in [1.807, 2.05) is 22.6 Å². The Kier molecular flexibility index (Phi) is 7.20. The molecule has 1 aliphatic rings. The van der Waals surface area contributed by atoms with Gasteiger partial charge in [0, 0.05) is 0 Å². The lowest BCUT2D eigenvalue weighted by Crippen LogP contribution is -2.23. The highest BCUT2D eigenvalue weighted by molar-refractivity contribution is 14.1. The maximum Gasteiger partial charge on any atom is 0.338 e. The summed E-state index contributed by atoms with van der Waals surface area (Å²) in [5.74, 6) is -1.56. The maximum absolute atomic E-state index is 12.2. The molecule has 0 aromatic heterocycles. The van der Waals surface area contributed by atoms with Crippen LogP contribution in [0.2, 0.25) is 0 Å². The highest BCUT2D eigenvalue weighted by Gasteiger charge is 2.24. The molecule has 0 radical (unpaired) electrons. The Morgan fingerprint density at radius 1 is 1.20 bits per heavy atom. The van der Waals surface area contributed by atoms with Gasteiger partial charge in [0.1, 0.15) is 18.1 Å². The molecule has 138 valence electrons. The fourth-order valence-electron chi connectivity index (χ4n) is 2.56. The molecule has 0 spiro atoms. The minimum Gasteiger partial charge on any atom is -0.461 e. The Morgan fingerprint density at radius 3 is 2.52 bits per heavy atom. The predicted octanol–water partition coefficient (Wildman–Crippen LogP) is 2.82. The molecule has 25 heavy (non-hydrogen) atoms. The SMILES string of the molecule is O=C(OCCS(=O)(=O)O)c1ccc(I)c(OC(=O)C2CCCCC2)c1. The molecule has 1 fully saturated rings. The number of carbonyl (C=O) groups is 2. The van der Waals surface area contributed by atoms with Crippen LogP contribution in [-0.2, 0) is 19.6 Å². The van der Waals surface area contributed by atoms with Gasteiger partial charge in [0.05, 0.1) is 15.1 Å². The first kappa shape index (κ1) is 20.1. The van der Waals surface area contributed by atoms with Gasteiger partial charge in [0.15, 0.2) is 0 Å². The zero-order valence-corrected chi connectivity index (χ0v) is 16.4. The van der Waals surface area contributed by atoms with Crippen LogP contribution in [0, 0.1) is 9.49 Å². The molecule has 0 atom stereocenters. The van der Waals surface area contributed by atoms with E-state index in [0.29, 0.717) is 3.57 Å². The van der Waals surface area contributed by atoms with Crippen LogP contribution in [0.5, 0.6) is 5.75 Å². The van der Waals surface area contributed by atoms with Crippen molar-refractivity contribution in [2.75, 3.05) is 12.4 Å². The zero-order valence-electron chi connectivity index (χ0n) is 13.4. The van der Waals surface area contributed by atoms with E-state index in [9.17, 15) is 18.0 Å². The van der Waals surface area contributed by atoms with Crippen molar-refractivity contribution in [3.05, 3.63) is 27.3 Å². The fraction of sp³-hybridized carbons (Fsp3) is 0.500. The quantitative estimate of drug-likeness (QED) is 0.288. The molecule has 0 unspecified atom stereocenters. The minimum absolute atomic E-state index is 0.116. The first-order chi connectivity index (χ1) is 11.8. The average Bonchev–Trinajstić information content (AvgIpc) is 2.56. The van der Waals surface area contributed by atoms with Crippen LogP contribution >= 0.6 is 22.6 Å². The standard InChI is InChI=1S/C16H19IO7S/c17-13-7-6-12(15(18)23-8-9-25(20,21)22)10-14(13)24-16(19)11-4-2-1-3-5-11/h6-7,10-11H,1-5,8-9H2,(H,20,21,22). The molecular formula is C16H19IO7S. The van der Waals surface area contributed by atoms with Crippen LogP contribution in [0.3, 0.4) is 0 Å². The van der Waals surface area contributed by atoms with Crippen LogP contribution in [0.4, 0.5) is 0 Å². The zero-order chi connectivity index (χ0) is 18.4. The third-order valence-electron chi connectivity index (χ3n) is 3.89. The van der Waals surface area contributed by atoms with Gasteiger partial charge in [0.2, 0.25) is 0 Å². The Morgan fingerprint density at radius 2 is 1.88 bits per heavy atom. The van der Waals surface area contributed by atoms with Gasteiger partial charge in [-0.3, -0.25) is 9.35 Å². The second-order valence-corrected chi connectivity index (χ2v) is 8.56. The van der Waals surface area contributed by atoms with Crippen LogP contribution in [-0.4, -0.2) is 37.3 Å². The molecule has 1 aromatic carbocycles. The van der Waals surface area contributed by atoms with Crippen molar-refractivity contribution < 1.29 is 32.0 Å². The average molecular weight is 482 g/mol. The van der Waals surface area contributed by atoms with Gasteiger partial charge in [0.25, 0.3) is 10.1 Å². The van der Waals surface area contributed by atoms with Crippen molar-refractivity contribution in [1.82, 2.24) is 0 Å². The lowest BCUT2D eigenvalue weighted by atomic mass is 9.89. The normalized spacial score (nSPS) is 15.6. The molecular weight excluding hydrogens is 463 g/mol. The summed E-state index contributed by atoms with van der Waals surface area (Å²) in [6.07, 6.45) is 4.78. The Balaban J connectivity index is 2.01. The Hall–Kier alpha value is -1.20. The fourth-order valence-corrected chi connectivity index (χ4v) is 3.30. The molecule has 2 rings (SSSR count). The van der Waals surface area contributed by atoms with E-state index in [1.165, 1.54) is 12.1 Å². The molecule has 9 heteroatoms. The number of esters is 2. The first-order valence-electron chi connectivity index (χ1n) is 7.90. The summed E-state index contributed by atoms with van der Waals surface area (Å²) in [6.45, 7) is -0.457. The van der Waals surface area contributed by atoms with Crippen molar-refractivity contribution in [3.63, 3.8) is 0 Å². The molecule has 0 heterocycles. The van der Waals surface area contributed by atoms with Crippen molar-refractivity contribution in [3.8, 4) is 5.75 Å². The van der Waals surface area contributed by atoms with Crippen LogP contribution in [0.15, 0.2) is 18.2 Å². The van der Waals surface area contributed by atoms with E-state index in [1.54, 1.807) is 6.07 Å². The molecule has 7 nitrogen and oxygen atoms in total. The third kappa shape index (κ3) is 6.55. The number of benzene rings is 1. The van der Waals surface area contributed by atoms with E-state index in [-0.39, 0.29) is 23.2 Å². The number of carbonyl (C=O) groups excluding carboxylic acids is 2. The molecule has 0 aliphatic heterocycles. The van der Waals surface area contributed by atoms with E-state index in [4.69, 9.17) is 14.0 Å². The Bertz CT molecular complexity index is 739. The Labute approximate surface area is 160 Å². The van der Waals surface area contributed by atoms with Crippen molar-refractivity contribution in [2.45, 2.75) is 32.1 Å². The predicted molar refractivity (Wildman–Crippen MR) is 98.1 cm³/mol. The smallest absolute Gasteiger partial charge is 0.338 e. The lowest BCUT2D eigenvalue weighted by Gasteiger charge is -2.20. The van der Waals surface area contributed by atoms with Gasteiger partial charge in [-0.25, -0.2) is 4.79 Å². The number of ether oxygens (including phenoxy) is 2. The summed E-state index contributed by atoms with van der Waals surface area (Å²) in [7, 11) is -4.19. The topological polar surface area (TPSA) is 107 Å². The van der Waals surface area contributed by atoms with E-state index < -0.39 is 28.4 Å². The molecule has 1 saturated carbocycles.